The van der Waals surface area contributed by atoms with Gasteiger partial charge in [0.05, 0.1) is 24.7 Å². The molecule has 4 rings (SSSR count). The first kappa shape index (κ1) is 23.1. The quantitative estimate of drug-likeness (QED) is 0.532. The van der Waals surface area contributed by atoms with Gasteiger partial charge >= 0.3 is 12.2 Å². The topological polar surface area (TPSA) is 57.3 Å². The van der Waals surface area contributed by atoms with Crippen LogP contribution >= 0.6 is 0 Å². The van der Waals surface area contributed by atoms with Gasteiger partial charge in [0, 0.05) is 11.9 Å². The van der Waals surface area contributed by atoms with Gasteiger partial charge < -0.3 is 10.6 Å². The van der Waals surface area contributed by atoms with Crippen molar-refractivity contribution in [3.05, 3.63) is 65.2 Å². The number of hydrogen-bond acceptors (Lipinski definition) is 3. The van der Waals surface area contributed by atoms with Crippen LogP contribution < -0.4 is 15.5 Å². The Balaban J connectivity index is 1.56. The maximum Gasteiger partial charge on any atom is 0.393 e. The van der Waals surface area contributed by atoms with Crippen molar-refractivity contribution in [1.29, 1.82) is 0 Å². The molecule has 9 heteroatoms. The second-order valence-electron chi connectivity index (χ2n) is 9.04. The molecule has 2 N–H and O–H groups in total. The highest BCUT2D eigenvalue weighted by Crippen LogP contribution is 2.42. The maximum atomic E-state index is 14.4. The minimum absolute atomic E-state index is 0.141. The number of fused-ring (bicyclic) bond motifs is 1. The Labute approximate surface area is 189 Å². The van der Waals surface area contributed by atoms with Crippen molar-refractivity contribution in [2.75, 3.05) is 16.8 Å². The second-order valence-corrected chi connectivity index (χ2v) is 9.04. The van der Waals surface area contributed by atoms with Crippen LogP contribution in [0.5, 0.6) is 0 Å². The SMILES string of the molecule is C=C1CN(C(=O)NC(c2ccc(CC(F)(F)F)c(F)c2)C(C)C)c2ncc(C3CC3)cc2N1. The van der Waals surface area contributed by atoms with Gasteiger partial charge in [0.1, 0.15) is 5.82 Å². The molecule has 1 aliphatic heterocycles. The summed E-state index contributed by atoms with van der Waals surface area (Å²) < 4.78 is 52.4. The van der Waals surface area contributed by atoms with E-state index in [1.165, 1.54) is 11.0 Å². The fourth-order valence-corrected chi connectivity index (χ4v) is 4.05. The number of pyridine rings is 1. The zero-order valence-electron chi connectivity index (χ0n) is 18.5. The number of benzene rings is 1. The first-order valence-corrected chi connectivity index (χ1v) is 10.9. The number of nitrogens with one attached hydrogen (secondary N) is 2. The Morgan fingerprint density at radius 2 is 2.03 bits per heavy atom. The van der Waals surface area contributed by atoms with E-state index in [0.717, 1.165) is 30.5 Å². The smallest absolute Gasteiger partial charge is 0.355 e. The third-order valence-electron chi connectivity index (χ3n) is 5.87. The van der Waals surface area contributed by atoms with Crippen molar-refractivity contribution in [2.45, 2.75) is 51.2 Å². The van der Waals surface area contributed by atoms with E-state index in [9.17, 15) is 22.4 Å². The highest BCUT2D eigenvalue weighted by atomic mass is 19.4. The molecule has 0 bridgehead atoms. The number of aromatic nitrogens is 1. The molecule has 1 aromatic heterocycles. The maximum absolute atomic E-state index is 14.4. The van der Waals surface area contributed by atoms with Gasteiger partial charge in [0.25, 0.3) is 0 Å². The molecular formula is C24H26F4N4O. The molecule has 1 aromatic carbocycles. The highest BCUT2D eigenvalue weighted by Gasteiger charge is 2.32. The predicted octanol–water partition coefficient (Wildman–Crippen LogP) is 6.06. The summed E-state index contributed by atoms with van der Waals surface area (Å²) in [5, 5.41) is 6.09. The number of carbonyl (C=O) groups is 1. The molecule has 0 radical (unpaired) electrons. The van der Waals surface area contributed by atoms with E-state index in [1.54, 1.807) is 6.20 Å². The van der Waals surface area contributed by atoms with Crippen molar-refractivity contribution in [2.24, 2.45) is 5.92 Å². The van der Waals surface area contributed by atoms with E-state index >= 15 is 0 Å². The summed E-state index contributed by atoms with van der Waals surface area (Å²) in [5.41, 5.74) is 2.42. The van der Waals surface area contributed by atoms with Crippen LogP contribution in [0.2, 0.25) is 0 Å². The lowest BCUT2D eigenvalue weighted by Crippen LogP contribution is -2.46. The lowest BCUT2D eigenvalue weighted by molar-refractivity contribution is -0.127. The van der Waals surface area contributed by atoms with Crippen molar-refractivity contribution < 1.29 is 22.4 Å². The zero-order chi connectivity index (χ0) is 23.9. The lowest BCUT2D eigenvalue weighted by atomic mass is 9.94. The second kappa shape index (κ2) is 8.68. The van der Waals surface area contributed by atoms with E-state index in [2.05, 4.69) is 22.2 Å². The Morgan fingerprint density at radius 1 is 1.30 bits per heavy atom. The summed E-state index contributed by atoms with van der Waals surface area (Å²) in [7, 11) is 0. The molecule has 2 aliphatic rings. The molecular weight excluding hydrogens is 436 g/mol. The molecule has 2 heterocycles. The number of alkyl halides is 3. The largest absolute Gasteiger partial charge is 0.393 e. The summed E-state index contributed by atoms with van der Waals surface area (Å²) in [5.74, 6) is -0.112. The molecule has 1 saturated carbocycles. The van der Waals surface area contributed by atoms with Crippen LogP contribution in [0.15, 0.2) is 42.7 Å². The van der Waals surface area contributed by atoms with Gasteiger partial charge in [-0.15, -0.1) is 0 Å². The molecule has 2 aromatic rings. The van der Waals surface area contributed by atoms with E-state index in [1.807, 2.05) is 19.9 Å². The molecule has 1 fully saturated rings. The number of carbonyl (C=O) groups excluding carboxylic acids is 1. The molecule has 33 heavy (non-hydrogen) atoms. The van der Waals surface area contributed by atoms with Crippen LogP contribution in [0.3, 0.4) is 0 Å². The average Bonchev–Trinajstić information content (AvgIpc) is 3.56. The lowest BCUT2D eigenvalue weighted by Gasteiger charge is -2.33. The molecule has 176 valence electrons. The number of urea groups is 1. The molecule has 1 atom stereocenters. The Morgan fingerprint density at radius 3 is 2.64 bits per heavy atom. The predicted molar refractivity (Wildman–Crippen MR) is 119 cm³/mol. The van der Waals surface area contributed by atoms with Crippen molar-refractivity contribution >= 4 is 17.5 Å². The van der Waals surface area contributed by atoms with Crippen molar-refractivity contribution in [3.63, 3.8) is 0 Å². The zero-order valence-corrected chi connectivity index (χ0v) is 18.5. The summed E-state index contributed by atoms with van der Waals surface area (Å²) >= 11 is 0. The van der Waals surface area contributed by atoms with Gasteiger partial charge in [-0.1, -0.05) is 32.6 Å². The first-order valence-electron chi connectivity index (χ1n) is 10.9. The van der Waals surface area contributed by atoms with Gasteiger partial charge in [0.15, 0.2) is 5.82 Å². The number of halogens is 4. The monoisotopic (exact) mass is 462 g/mol. The molecule has 2 amide bonds. The number of hydrogen-bond donors (Lipinski definition) is 2. The standard InChI is InChI=1S/C24H26F4N4O/c1-13(2)21(16-6-7-17(19(25)8-16)10-24(26,27)28)31-23(33)32-12-14(3)30-20-9-18(15-4-5-15)11-29-22(20)32/h6-9,11,13,15,21,30H,3-5,10,12H2,1-2H3,(H,31,33). The molecule has 0 saturated heterocycles. The fourth-order valence-electron chi connectivity index (χ4n) is 4.05. The van der Waals surface area contributed by atoms with Crippen LogP contribution in [0.25, 0.3) is 0 Å². The Kier molecular flexibility index (Phi) is 6.07. The Hall–Kier alpha value is -3.10. The van der Waals surface area contributed by atoms with E-state index in [4.69, 9.17) is 0 Å². The minimum atomic E-state index is -4.50. The molecule has 1 unspecified atom stereocenters. The summed E-state index contributed by atoms with van der Waals surface area (Å²) in [4.78, 5) is 19.2. The van der Waals surface area contributed by atoms with E-state index in [-0.39, 0.29) is 12.5 Å². The molecule has 1 aliphatic carbocycles. The van der Waals surface area contributed by atoms with E-state index < -0.39 is 36.1 Å². The Bertz CT molecular complexity index is 1080. The van der Waals surface area contributed by atoms with Crippen LogP contribution in [-0.4, -0.2) is 23.7 Å². The van der Waals surface area contributed by atoms with Gasteiger partial charge in [0.2, 0.25) is 0 Å². The number of rotatable bonds is 5. The fraction of sp³-hybridized carbons (Fsp3) is 0.417. The number of amides is 2. The summed E-state index contributed by atoms with van der Waals surface area (Å²) in [6.45, 7) is 7.85. The number of nitrogens with zero attached hydrogens (tertiary/aromatic N) is 2. The third kappa shape index (κ3) is 5.29. The minimum Gasteiger partial charge on any atom is -0.355 e. The molecule has 0 spiro atoms. The van der Waals surface area contributed by atoms with Crippen molar-refractivity contribution in [3.8, 4) is 0 Å². The van der Waals surface area contributed by atoms with E-state index in [0.29, 0.717) is 28.7 Å². The van der Waals surface area contributed by atoms with Gasteiger partial charge in [-0.05, 0) is 53.5 Å². The molecule has 5 nitrogen and oxygen atoms in total. The number of anilines is 2. The first-order chi connectivity index (χ1) is 15.5. The van der Waals surface area contributed by atoms with Crippen LogP contribution in [0.4, 0.5) is 33.9 Å². The third-order valence-corrected chi connectivity index (χ3v) is 5.87. The normalized spacial score (nSPS) is 16.9. The van der Waals surface area contributed by atoms with Gasteiger partial charge in [-0.2, -0.15) is 13.2 Å². The van der Waals surface area contributed by atoms with Gasteiger partial charge in [-0.3, -0.25) is 4.90 Å². The average molecular weight is 462 g/mol. The van der Waals surface area contributed by atoms with Gasteiger partial charge in [-0.25, -0.2) is 14.2 Å². The van der Waals surface area contributed by atoms with Crippen LogP contribution in [-0.2, 0) is 6.42 Å². The van der Waals surface area contributed by atoms with Crippen molar-refractivity contribution in [1.82, 2.24) is 10.3 Å². The highest BCUT2D eigenvalue weighted by molar-refractivity contribution is 5.96. The van der Waals surface area contributed by atoms with Crippen LogP contribution in [0, 0.1) is 11.7 Å². The summed E-state index contributed by atoms with van der Waals surface area (Å²) in [6.07, 6.45) is -1.81. The summed E-state index contributed by atoms with van der Waals surface area (Å²) in [6, 6.07) is 4.56. The van der Waals surface area contributed by atoms with Crippen LogP contribution in [0.1, 0.15) is 55.3 Å².